The fraction of sp³-hybridized carbons (Fsp3) is 0.200. The molecule has 29 heavy (non-hydrogen) atoms. The quantitative estimate of drug-likeness (QED) is 0.502. The second-order valence-corrected chi connectivity index (χ2v) is 6.62. The van der Waals surface area contributed by atoms with Gasteiger partial charge in [0.25, 0.3) is 12.3 Å². The van der Waals surface area contributed by atoms with Crippen LogP contribution in [0.4, 0.5) is 8.78 Å². The van der Waals surface area contributed by atoms with E-state index >= 15 is 0 Å². The molecular weight excluding hydrogens is 378 g/mol. The number of imidazole rings is 1. The molecule has 0 bridgehead atoms. The van der Waals surface area contributed by atoms with E-state index in [1.807, 2.05) is 41.1 Å². The van der Waals surface area contributed by atoms with Crippen molar-refractivity contribution >= 4 is 11.6 Å². The van der Waals surface area contributed by atoms with Crippen LogP contribution in [0.3, 0.4) is 0 Å². The van der Waals surface area contributed by atoms with Gasteiger partial charge in [0, 0.05) is 32.2 Å². The van der Waals surface area contributed by atoms with Crippen molar-refractivity contribution in [1.29, 1.82) is 0 Å². The number of nitrogens with zero attached hydrogens (tertiary/aromatic N) is 6. The second kappa shape index (κ2) is 7.78. The first-order chi connectivity index (χ1) is 14.0. The van der Waals surface area contributed by atoms with E-state index in [0.29, 0.717) is 6.54 Å². The van der Waals surface area contributed by atoms with Gasteiger partial charge in [-0.1, -0.05) is 30.3 Å². The van der Waals surface area contributed by atoms with Gasteiger partial charge in [0.15, 0.2) is 5.65 Å². The Morgan fingerprint density at radius 1 is 1.14 bits per heavy atom. The Labute approximate surface area is 165 Å². The minimum atomic E-state index is -2.78. The number of halogens is 2. The van der Waals surface area contributed by atoms with Gasteiger partial charge in [0.2, 0.25) is 5.82 Å². The molecule has 0 aliphatic heterocycles. The topological polar surface area (TPSA) is 68.3 Å². The van der Waals surface area contributed by atoms with E-state index in [1.54, 1.807) is 19.3 Å². The number of hydrogen-bond donors (Lipinski definition) is 0. The minimum absolute atomic E-state index is 0.262. The minimum Gasteiger partial charge on any atom is -0.334 e. The molecule has 9 heteroatoms. The number of rotatable bonds is 6. The Morgan fingerprint density at radius 2 is 1.93 bits per heavy atom. The van der Waals surface area contributed by atoms with Crippen LogP contribution < -0.4 is 0 Å². The van der Waals surface area contributed by atoms with E-state index in [-0.39, 0.29) is 23.7 Å². The van der Waals surface area contributed by atoms with E-state index in [1.165, 1.54) is 17.2 Å². The van der Waals surface area contributed by atoms with Crippen LogP contribution in [0.1, 0.15) is 34.0 Å². The van der Waals surface area contributed by atoms with Gasteiger partial charge in [-0.15, -0.1) is 10.2 Å². The Hall–Kier alpha value is -3.62. The van der Waals surface area contributed by atoms with E-state index in [2.05, 4.69) is 15.2 Å². The van der Waals surface area contributed by atoms with E-state index in [0.717, 1.165) is 15.8 Å². The molecule has 0 aliphatic rings. The lowest BCUT2D eigenvalue weighted by atomic mass is 10.2. The van der Waals surface area contributed by atoms with Crippen molar-refractivity contribution in [3.8, 4) is 0 Å². The number of pyridine rings is 1. The van der Waals surface area contributed by atoms with Gasteiger partial charge in [0.05, 0.1) is 12.1 Å². The van der Waals surface area contributed by atoms with Crippen molar-refractivity contribution < 1.29 is 13.6 Å². The lowest BCUT2D eigenvalue weighted by Gasteiger charge is -2.18. The standard InChI is InChI=1S/C20H18F2N6O/c1-26(13-17-23-9-10-27(17)11-14-5-3-2-4-6-14)20(29)15-7-8-16-24-25-19(18(21)22)28(16)12-15/h2-10,12,18H,11,13H2,1H3. The maximum Gasteiger partial charge on any atom is 0.297 e. The fourth-order valence-corrected chi connectivity index (χ4v) is 3.10. The first kappa shape index (κ1) is 18.7. The number of benzene rings is 1. The van der Waals surface area contributed by atoms with Crippen molar-refractivity contribution in [2.24, 2.45) is 0 Å². The molecule has 0 spiro atoms. The monoisotopic (exact) mass is 396 g/mol. The van der Waals surface area contributed by atoms with Gasteiger partial charge >= 0.3 is 0 Å². The summed E-state index contributed by atoms with van der Waals surface area (Å²) in [5.41, 5.74) is 1.65. The number of aromatic nitrogens is 5. The van der Waals surface area contributed by atoms with Crippen LogP contribution in [0.25, 0.3) is 5.65 Å². The predicted molar refractivity (Wildman–Crippen MR) is 102 cm³/mol. The summed E-state index contributed by atoms with van der Waals surface area (Å²) in [7, 11) is 1.65. The number of carbonyl (C=O) groups is 1. The molecule has 1 aromatic carbocycles. The summed E-state index contributed by atoms with van der Waals surface area (Å²) in [5, 5.41) is 7.17. The molecule has 0 radical (unpaired) electrons. The zero-order chi connectivity index (χ0) is 20.4. The van der Waals surface area contributed by atoms with Crippen molar-refractivity contribution in [3.63, 3.8) is 0 Å². The molecule has 148 valence electrons. The van der Waals surface area contributed by atoms with Crippen LogP contribution in [0.2, 0.25) is 0 Å². The fourth-order valence-electron chi connectivity index (χ4n) is 3.10. The molecule has 4 rings (SSSR count). The average molecular weight is 396 g/mol. The van der Waals surface area contributed by atoms with Gasteiger partial charge in [-0.3, -0.25) is 9.20 Å². The van der Waals surface area contributed by atoms with Crippen molar-refractivity contribution in [3.05, 3.63) is 83.8 Å². The second-order valence-electron chi connectivity index (χ2n) is 6.62. The van der Waals surface area contributed by atoms with Crippen molar-refractivity contribution in [2.45, 2.75) is 19.5 Å². The zero-order valence-corrected chi connectivity index (χ0v) is 15.6. The summed E-state index contributed by atoms with van der Waals surface area (Å²) in [5.74, 6) is -0.0749. The summed E-state index contributed by atoms with van der Waals surface area (Å²) >= 11 is 0. The largest absolute Gasteiger partial charge is 0.334 e. The summed E-state index contributed by atoms with van der Waals surface area (Å²) in [6.07, 6.45) is 2.11. The molecule has 4 aromatic rings. The Balaban J connectivity index is 1.53. The van der Waals surface area contributed by atoms with Crippen LogP contribution in [-0.2, 0) is 13.1 Å². The summed E-state index contributed by atoms with van der Waals surface area (Å²) in [6.45, 7) is 0.920. The van der Waals surface area contributed by atoms with E-state index < -0.39 is 12.2 Å². The van der Waals surface area contributed by atoms with Gasteiger partial charge in [0.1, 0.15) is 5.82 Å². The SMILES string of the molecule is CN(Cc1nccn1Cc1ccccc1)C(=O)c1ccc2nnc(C(F)F)n2c1. The Kier molecular flexibility index (Phi) is 5.03. The van der Waals surface area contributed by atoms with Gasteiger partial charge in [-0.25, -0.2) is 13.8 Å². The number of fused-ring (bicyclic) bond motifs is 1. The average Bonchev–Trinajstić information content (AvgIpc) is 3.34. The molecule has 1 amide bonds. The van der Waals surface area contributed by atoms with Crippen LogP contribution >= 0.6 is 0 Å². The lowest BCUT2D eigenvalue weighted by Crippen LogP contribution is -2.28. The highest BCUT2D eigenvalue weighted by Gasteiger charge is 2.19. The third kappa shape index (κ3) is 3.84. The molecule has 0 saturated carbocycles. The Morgan fingerprint density at radius 3 is 2.69 bits per heavy atom. The summed E-state index contributed by atoms with van der Waals surface area (Å²) < 4.78 is 29.2. The molecule has 0 unspecified atom stereocenters. The molecular formula is C20H18F2N6O. The molecule has 0 fully saturated rings. The van der Waals surface area contributed by atoms with Crippen LogP contribution in [-0.4, -0.2) is 42.0 Å². The highest BCUT2D eigenvalue weighted by Crippen LogP contribution is 2.19. The lowest BCUT2D eigenvalue weighted by molar-refractivity contribution is 0.0779. The maximum absolute atomic E-state index is 13.1. The zero-order valence-electron chi connectivity index (χ0n) is 15.6. The number of hydrogen-bond acceptors (Lipinski definition) is 4. The smallest absolute Gasteiger partial charge is 0.297 e. The summed E-state index contributed by atoms with van der Waals surface area (Å²) in [6, 6.07) is 13.0. The molecule has 0 atom stereocenters. The number of carbonyl (C=O) groups excluding carboxylic acids is 1. The molecule has 7 nitrogen and oxygen atoms in total. The van der Waals surface area contributed by atoms with Crippen molar-refractivity contribution in [1.82, 2.24) is 29.0 Å². The maximum atomic E-state index is 13.1. The molecule has 3 heterocycles. The van der Waals surface area contributed by atoms with Crippen LogP contribution in [0.5, 0.6) is 0 Å². The highest BCUT2D eigenvalue weighted by molar-refractivity contribution is 5.94. The van der Waals surface area contributed by atoms with Gasteiger partial charge in [-0.05, 0) is 17.7 Å². The first-order valence-electron chi connectivity index (χ1n) is 8.95. The molecule has 3 aromatic heterocycles. The molecule has 0 N–H and O–H groups in total. The van der Waals surface area contributed by atoms with E-state index in [9.17, 15) is 13.6 Å². The van der Waals surface area contributed by atoms with Gasteiger partial charge in [-0.2, -0.15) is 0 Å². The highest BCUT2D eigenvalue weighted by atomic mass is 19.3. The Bertz CT molecular complexity index is 1140. The predicted octanol–water partition coefficient (Wildman–Crippen LogP) is 3.18. The molecule has 0 aliphatic carbocycles. The number of amides is 1. The van der Waals surface area contributed by atoms with Crippen LogP contribution in [0, 0.1) is 0 Å². The van der Waals surface area contributed by atoms with E-state index in [4.69, 9.17) is 0 Å². The van der Waals surface area contributed by atoms with Gasteiger partial charge < -0.3 is 9.47 Å². The third-order valence-corrected chi connectivity index (χ3v) is 4.59. The normalized spacial score (nSPS) is 11.3. The first-order valence-corrected chi connectivity index (χ1v) is 8.95. The van der Waals surface area contributed by atoms with Crippen LogP contribution in [0.15, 0.2) is 61.1 Å². The van der Waals surface area contributed by atoms with Crippen molar-refractivity contribution in [2.75, 3.05) is 7.05 Å². The number of alkyl halides is 2. The summed E-state index contributed by atoms with van der Waals surface area (Å²) in [4.78, 5) is 18.7. The molecule has 0 saturated heterocycles. The third-order valence-electron chi connectivity index (χ3n) is 4.59.